The standard InChI is InChI=1S/C7H6ClNO3S2/c8-14(11,12)7-4-2-5(13-7)1-3-6(9)10/h1-4H,(H2,9,10). The fourth-order valence-electron chi connectivity index (χ4n) is 0.719. The maximum atomic E-state index is 10.8. The van der Waals surface area contributed by atoms with Gasteiger partial charge < -0.3 is 5.73 Å². The van der Waals surface area contributed by atoms with Crippen LogP contribution in [0.25, 0.3) is 6.08 Å². The van der Waals surface area contributed by atoms with Crippen molar-refractivity contribution in [1.29, 1.82) is 0 Å². The van der Waals surface area contributed by atoms with Gasteiger partial charge in [-0.3, -0.25) is 4.79 Å². The summed E-state index contributed by atoms with van der Waals surface area (Å²) < 4.78 is 21.7. The lowest BCUT2D eigenvalue weighted by Gasteiger charge is -1.85. The average molecular weight is 252 g/mol. The van der Waals surface area contributed by atoms with Crippen LogP contribution in [0, 0.1) is 0 Å². The van der Waals surface area contributed by atoms with Gasteiger partial charge in [-0.05, 0) is 18.2 Å². The van der Waals surface area contributed by atoms with E-state index < -0.39 is 15.0 Å². The third-order valence-electron chi connectivity index (χ3n) is 1.25. The van der Waals surface area contributed by atoms with Gasteiger partial charge in [0.15, 0.2) is 0 Å². The Morgan fingerprint density at radius 1 is 1.50 bits per heavy atom. The van der Waals surface area contributed by atoms with Crippen LogP contribution in [0.4, 0.5) is 0 Å². The summed E-state index contributed by atoms with van der Waals surface area (Å²) in [5.74, 6) is -0.589. The van der Waals surface area contributed by atoms with Gasteiger partial charge in [0.1, 0.15) is 4.21 Å². The number of primary amides is 1. The smallest absolute Gasteiger partial charge is 0.270 e. The molecule has 0 saturated heterocycles. The van der Waals surface area contributed by atoms with Crippen molar-refractivity contribution >= 4 is 43.1 Å². The Labute approximate surface area is 89.4 Å². The Kier molecular flexibility index (Phi) is 3.30. The molecular weight excluding hydrogens is 246 g/mol. The van der Waals surface area contributed by atoms with E-state index in [0.717, 1.165) is 17.4 Å². The predicted octanol–water partition coefficient (Wildman–Crippen LogP) is 1.17. The number of carbonyl (C=O) groups excluding carboxylic acids is 1. The molecule has 76 valence electrons. The van der Waals surface area contributed by atoms with Crippen LogP contribution in [0.3, 0.4) is 0 Å². The molecule has 1 amide bonds. The summed E-state index contributed by atoms with van der Waals surface area (Å²) in [6, 6.07) is 2.91. The second kappa shape index (κ2) is 4.12. The molecule has 14 heavy (non-hydrogen) atoms. The molecule has 0 aliphatic rings. The lowest BCUT2D eigenvalue weighted by molar-refractivity contribution is -0.113. The van der Waals surface area contributed by atoms with Crippen LogP contribution in [0.15, 0.2) is 22.4 Å². The fraction of sp³-hybridized carbons (Fsp3) is 0. The molecule has 0 aliphatic carbocycles. The van der Waals surface area contributed by atoms with Gasteiger partial charge in [0, 0.05) is 21.6 Å². The lowest BCUT2D eigenvalue weighted by atomic mass is 10.4. The molecule has 1 heterocycles. The van der Waals surface area contributed by atoms with Crippen LogP contribution in [-0.4, -0.2) is 14.3 Å². The van der Waals surface area contributed by atoms with E-state index in [1.165, 1.54) is 12.1 Å². The molecule has 0 unspecified atom stereocenters. The first-order valence-corrected chi connectivity index (χ1v) is 6.54. The SMILES string of the molecule is NC(=O)C=Cc1ccc(S(=O)(=O)Cl)s1. The van der Waals surface area contributed by atoms with Gasteiger partial charge in [-0.2, -0.15) is 0 Å². The topological polar surface area (TPSA) is 77.2 Å². The van der Waals surface area contributed by atoms with Crippen molar-refractivity contribution in [2.24, 2.45) is 5.73 Å². The summed E-state index contributed by atoms with van der Waals surface area (Å²) >= 11 is 0.967. The van der Waals surface area contributed by atoms with E-state index >= 15 is 0 Å². The highest BCUT2D eigenvalue weighted by Gasteiger charge is 2.11. The van der Waals surface area contributed by atoms with Crippen molar-refractivity contribution in [2.45, 2.75) is 4.21 Å². The minimum absolute atomic E-state index is 0.0447. The quantitative estimate of drug-likeness (QED) is 0.647. The molecule has 4 nitrogen and oxygen atoms in total. The first kappa shape index (κ1) is 11.2. The highest BCUT2D eigenvalue weighted by atomic mass is 35.7. The van der Waals surface area contributed by atoms with Crippen LogP contribution in [0.1, 0.15) is 4.88 Å². The molecule has 0 aromatic carbocycles. The molecule has 1 aromatic heterocycles. The van der Waals surface area contributed by atoms with Gasteiger partial charge in [0.25, 0.3) is 9.05 Å². The monoisotopic (exact) mass is 251 g/mol. The van der Waals surface area contributed by atoms with E-state index in [1.807, 2.05) is 0 Å². The third kappa shape index (κ3) is 3.13. The van der Waals surface area contributed by atoms with Crippen molar-refractivity contribution in [3.63, 3.8) is 0 Å². The Bertz CT molecular complexity index is 475. The summed E-state index contributed by atoms with van der Waals surface area (Å²) in [4.78, 5) is 11.0. The van der Waals surface area contributed by atoms with Gasteiger partial charge in [-0.1, -0.05) is 0 Å². The van der Waals surface area contributed by atoms with E-state index in [2.05, 4.69) is 0 Å². The number of halogens is 1. The molecule has 0 fully saturated rings. The second-order valence-corrected chi connectivity index (χ2v) is 6.24. The minimum atomic E-state index is -3.68. The molecule has 0 saturated carbocycles. The molecule has 0 aliphatic heterocycles. The van der Waals surface area contributed by atoms with Crippen molar-refractivity contribution < 1.29 is 13.2 Å². The summed E-state index contributed by atoms with van der Waals surface area (Å²) in [6.45, 7) is 0. The highest BCUT2D eigenvalue weighted by molar-refractivity contribution is 8.15. The summed E-state index contributed by atoms with van der Waals surface area (Å²) in [5.41, 5.74) is 4.87. The largest absolute Gasteiger partial charge is 0.366 e. The molecule has 1 aromatic rings. The highest BCUT2D eigenvalue weighted by Crippen LogP contribution is 2.25. The zero-order valence-electron chi connectivity index (χ0n) is 6.81. The van der Waals surface area contributed by atoms with Gasteiger partial charge in [-0.15, -0.1) is 11.3 Å². The van der Waals surface area contributed by atoms with Gasteiger partial charge >= 0.3 is 0 Å². The zero-order chi connectivity index (χ0) is 10.8. The normalized spacial score (nSPS) is 12.1. The predicted molar refractivity (Wildman–Crippen MR) is 55.6 cm³/mol. The average Bonchev–Trinajstić information content (AvgIpc) is 2.47. The number of rotatable bonds is 3. The third-order valence-corrected chi connectivity index (χ3v) is 4.40. The number of hydrogen-bond donors (Lipinski definition) is 1. The summed E-state index contributed by atoms with van der Waals surface area (Å²) in [7, 11) is 1.42. The van der Waals surface area contributed by atoms with Gasteiger partial charge in [-0.25, -0.2) is 8.42 Å². The number of thiophene rings is 1. The second-order valence-electron chi connectivity index (χ2n) is 2.33. The maximum Gasteiger partial charge on any atom is 0.270 e. The van der Waals surface area contributed by atoms with Crippen molar-refractivity contribution in [3.8, 4) is 0 Å². The van der Waals surface area contributed by atoms with E-state index in [9.17, 15) is 13.2 Å². The molecule has 0 atom stereocenters. The number of amides is 1. The maximum absolute atomic E-state index is 10.8. The van der Waals surface area contributed by atoms with Gasteiger partial charge in [0.2, 0.25) is 5.91 Å². The first-order valence-electron chi connectivity index (χ1n) is 3.41. The molecule has 2 N–H and O–H groups in total. The Morgan fingerprint density at radius 3 is 2.57 bits per heavy atom. The van der Waals surface area contributed by atoms with Crippen LogP contribution >= 0.6 is 22.0 Å². The molecule has 0 spiro atoms. The lowest BCUT2D eigenvalue weighted by Crippen LogP contribution is -2.04. The van der Waals surface area contributed by atoms with Crippen LogP contribution in [-0.2, 0) is 13.8 Å². The Morgan fingerprint density at radius 2 is 2.14 bits per heavy atom. The minimum Gasteiger partial charge on any atom is -0.366 e. The first-order chi connectivity index (χ1) is 6.39. The van der Waals surface area contributed by atoms with E-state index in [0.29, 0.717) is 4.88 Å². The molecular formula is C7H6ClNO3S2. The summed E-state index contributed by atoms with van der Waals surface area (Å²) in [5, 5.41) is 0. The molecule has 0 radical (unpaired) electrons. The van der Waals surface area contributed by atoms with E-state index in [1.54, 1.807) is 6.07 Å². The molecule has 7 heteroatoms. The van der Waals surface area contributed by atoms with Crippen LogP contribution in [0.2, 0.25) is 0 Å². The van der Waals surface area contributed by atoms with Crippen LogP contribution < -0.4 is 5.73 Å². The van der Waals surface area contributed by atoms with Crippen molar-refractivity contribution in [2.75, 3.05) is 0 Å². The molecule has 1 rings (SSSR count). The van der Waals surface area contributed by atoms with Crippen molar-refractivity contribution in [1.82, 2.24) is 0 Å². The summed E-state index contributed by atoms with van der Waals surface area (Å²) in [6.07, 6.45) is 2.58. The molecule has 0 bridgehead atoms. The van der Waals surface area contributed by atoms with Crippen molar-refractivity contribution in [3.05, 3.63) is 23.1 Å². The van der Waals surface area contributed by atoms with E-state index in [4.69, 9.17) is 16.4 Å². The number of carbonyl (C=O) groups is 1. The van der Waals surface area contributed by atoms with Gasteiger partial charge in [0.05, 0.1) is 0 Å². The fourth-order valence-corrected chi connectivity index (χ4v) is 2.72. The number of hydrogen-bond acceptors (Lipinski definition) is 4. The Balaban J connectivity index is 2.95. The van der Waals surface area contributed by atoms with Crippen LogP contribution in [0.5, 0.6) is 0 Å². The Hall–Kier alpha value is -0.850. The number of nitrogens with two attached hydrogens (primary N) is 1. The zero-order valence-corrected chi connectivity index (χ0v) is 9.19. The van der Waals surface area contributed by atoms with E-state index in [-0.39, 0.29) is 4.21 Å².